The second kappa shape index (κ2) is 9.64. The van der Waals surface area contributed by atoms with E-state index in [-0.39, 0.29) is 12.5 Å². The summed E-state index contributed by atoms with van der Waals surface area (Å²) in [4.78, 5) is 38.0. The summed E-state index contributed by atoms with van der Waals surface area (Å²) >= 11 is 0. The van der Waals surface area contributed by atoms with Crippen LogP contribution in [0.2, 0.25) is 0 Å². The van der Waals surface area contributed by atoms with E-state index in [0.717, 1.165) is 22.3 Å². The number of nitrogens with zero attached hydrogens (tertiary/aromatic N) is 1. The molecule has 2 aromatic rings. The summed E-state index contributed by atoms with van der Waals surface area (Å²) in [5, 5.41) is 11.9. The van der Waals surface area contributed by atoms with Gasteiger partial charge in [-0.2, -0.15) is 0 Å². The van der Waals surface area contributed by atoms with Crippen LogP contribution in [-0.4, -0.2) is 59.1 Å². The number of aliphatic carboxylic acids is 1. The van der Waals surface area contributed by atoms with Gasteiger partial charge < -0.3 is 20.1 Å². The fraction of sp³-hybridized carbons (Fsp3) is 0.423. The molecular weight excluding hydrogens is 458 g/mol. The van der Waals surface area contributed by atoms with Crippen LogP contribution in [0, 0.1) is 5.92 Å². The van der Waals surface area contributed by atoms with Gasteiger partial charge in [-0.25, -0.2) is 18.4 Å². The number of nitrogens with one attached hydrogen (secondary N) is 1. The molecule has 0 spiro atoms. The molecule has 2 amide bonds. The Kier molecular flexibility index (Phi) is 6.78. The van der Waals surface area contributed by atoms with Gasteiger partial charge in [-0.15, -0.1) is 0 Å². The zero-order valence-corrected chi connectivity index (χ0v) is 19.5. The number of benzene rings is 2. The van der Waals surface area contributed by atoms with E-state index in [1.165, 1.54) is 0 Å². The maximum Gasteiger partial charge on any atom is 0.407 e. The van der Waals surface area contributed by atoms with Crippen LogP contribution in [0.15, 0.2) is 48.5 Å². The minimum absolute atomic E-state index is 0.0286. The van der Waals surface area contributed by atoms with Gasteiger partial charge in [0.25, 0.3) is 5.92 Å². The van der Waals surface area contributed by atoms with Crippen LogP contribution in [0.3, 0.4) is 0 Å². The third-order valence-corrected chi connectivity index (χ3v) is 6.93. The Bertz CT molecular complexity index is 1090. The fourth-order valence-corrected chi connectivity index (χ4v) is 4.90. The highest BCUT2D eigenvalue weighted by molar-refractivity contribution is 5.90. The quantitative estimate of drug-likeness (QED) is 0.610. The summed E-state index contributed by atoms with van der Waals surface area (Å²) in [7, 11) is 0. The summed E-state index contributed by atoms with van der Waals surface area (Å²) in [5.74, 6) is -6.26. The summed E-state index contributed by atoms with van der Waals surface area (Å²) in [6, 6.07) is 12.9. The zero-order chi connectivity index (χ0) is 25.3. The van der Waals surface area contributed by atoms with E-state index < -0.39 is 54.9 Å². The van der Waals surface area contributed by atoms with Gasteiger partial charge in [-0.05, 0) is 28.2 Å². The number of ether oxygens (including phenoxy) is 1. The molecule has 1 heterocycles. The van der Waals surface area contributed by atoms with Crippen molar-refractivity contribution in [2.24, 2.45) is 5.92 Å². The number of alkyl halides is 2. The Morgan fingerprint density at radius 3 is 2.23 bits per heavy atom. The van der Waals surface area contributed by atoms with E-state index >= 15 is 0 Å². The summed E-state index contributed by atoms with van der Waals surface area (Å²) in [6.45, 7) is 2.51. The van der Waals surface area contributed by atoms with Gasteiger partial charge in [0.1, 0.15) is 18.7 Å². The second-order valence-electron chi connectivity index (χ2n) is 9.21. The van der Waals surface area contributed by atoms with E-state index in [0.29, 0.717) is 11.3 Å². The molecule has 1 fully saturated rings. The third kappa shape index (κ3) is 4.85. The largest absolute Gasteiger partial charge is 0.480 e. The summed E-state index contributed by atoms with van der Waals surface area (Å²) in [5.41, 5.74) is 4.19. The number of carbonyl (C=O) groups is 3. The number of carboxylic acid groups (broad SMARTS) is 1. The van der Waals surface area contributed by atoms with Gasteiger partial charge in [-0.3, -0.25) is 4.79 Å². The van der Waals surface area contributed by atoms with Crippen LogP contribution >= 0.6 is 0 Å². The fourth-order valence-electron chi connectivity index (χ4n) is 4.90. The molecule has 1 unspecified atom stereocenters. The molecule has 0 aromatic heterocycles. The number of rotatable bonds is 7. The highest BCUT2D eigenvalue weighted by atomic mass is 19.3. The van der Waals surface area contributed by atoms with Crippen molar-refractivity contribution in [3.05, 3.63) is 59.7 Å². The van der Waals surface area contributed by atoms with Gasteiger partial charge in [-0.1, -0.05) is 68.8 Å². The molecule has 2 N–H and O–H groups in total. The second-order valence-corrected chi connectivity index (χ2v) is 9.21. The SMILES string of the molecule is CC[C@H](C)[C@H](NC(=O)OCC1c2ccccc2-c2ccccc21)C(=O)N1CC(F)(F)CC1C(=O)O. The normalized spacial score (nSPS) is 20.0. The Morgan fingerprint density at radius 2 is 1.69 bits per heavy atom. The molecule has 9 heteroatoms. The molecule has 0 saturated carbocycles. The average Bonchev–Trinajstić information content (AvgIpc) is 3.34. The number of carboxylic acids is 1. The monoisotopic (exact) mass is 486 g/mol. The standard InChI is InChI=1S/C26H28F2N2O5/c1-3-15(2)22(23(31)30-14-26(27,28)12-21(30)24(32)33)29-25(34)35-13-20-18-10-6-4-8-16(18)17-9-5-7-11-19(17)20/h4-11,15,20-22H,3,12-14H2,1-2H3,(H,29,34)(H,32,33)/t15-,21?,22-/m0/s1. The predicted molar refractivity (Wildman–Crippen MR) is 124 cm³/mol. The summed E-state index contributed by atoms with van der Waals surface area (Å²) in [6.07, 6.45) is -1.35. The lowest BCUT2D eigenvalue weighted by Gasteiger charge is -2.30. The van der Waals surface area contributed by atoms with Crippen molar-refractivity contribution in [3.63, 3.8) is 0 Å². The number of hydrogen-bond donors (Lipinski definition) is 2. The first-order valence-electron chi connectivity index (χ1n) is 11.7. The minimum atomic E-state index is -3.30. The van der Waals surface area contributed by atoms with Crippen molar-refractivity contribution in [2.75, 3.05) is 13.2 Å². The van der Waals surface area contributed by atoms with E-state index in [4.69, 9.17) is 4.74 Å². The third-order valence-electron chi connectivity index (χ3n) is 6.93. The zero-order valence-electron chi connectivity index (χ0n) is 19.5. The van der Waals surface area contributed by atoms with E-state index in [1.54, 1.807) is 13.8 Å². The van der Waals surface area contributed by atoms with Gasteiger partial charge in [0.2, 0.25) is 5.91 Å². The first-order chi connectivity index (χ1) is 16.6. The number of alkyl carbamates (subject to hydrolysis) is 1. The van der Waals surface area contributed by atoms with Gasteiger partial charge >= 0.3 is 12.1 Å². The van der Waals surface area contributed by atoms with Crippen LogP contribution in [0.4, 0.5) is 13.6 Å². The lowest BCUT2D eigenvalue weighted by atomic mass is 9.97. The van der Waals surface area contributed by atoms with E-state index in [2.05, 4.69) is 5.32 Å². The van der Waals surface area contributed by atoms with Crippen LogP contribution in [0.1, 0.15) is 43.7 Å². The number of carbonyl (C=O) groups excluding carboxylic acids is 2. The Morgan fingerprint density at radius 1 is 1.11 bits per heavy atom. The van der Waals surface area contributed by atoms with Crippen molar-refractivity contribution in [2.45, 2.75) is 50.6 Å². The Balaban J connectivity index is 1.47. The molecule has 35 heavy (non-hydrogen) atoms. The van der Waals surface area contributed by atoms with Crippen molar-refractivity contribution in [3.8, 4) is 11.1 Å². The van der Waals surface area contributed by atoms with Gasteiger partial charge in [0.15, 0.2) is 0 Å². The molecule has 1 saturated heterocycles. The predicted octanol–water partition coefficient (Wildman–Crippen LogP) is 4.26. The number of amides is 2. The lowest BCUT2D eigenvalue weighted by Crippen LogP contribution is -2.54. The maximum absolute atomic E-state index is 13.9. The van der Waals surface area contributed by atoms with Gasteiger partial charge in [0.05, 0.1) is 6.54 Å². The molecule has 1 aliphatic heterocycles. The molecule has 0 radical (unpaired) electrons. The molecule has 7 nitrogen and oxygen atoms in total. The summed E-state index contributed by atoms with van der Waals surface area (Å²) < 4.78 is 33.4. The number of fused-ring (bicyclic) bond motifs is 3. The van der Waals surface area contributed by atoms with E-state index in [9.17, 15) is 28.3 Å². The van der Waals surface area contributed by atoms with Crippen LogP contribution in [0.5, 0.6) is 0 Å². The average molecular weight is 487 g/mol. The minimum Gasteiger partial charge on any atom is -0.480 e. The molecule has 2 aromatic carbocycles. The first-order valence-corrected chi connectivity index (χ1v) is 11.7. The molecule has 186 valence electrons. The molecule has 0 bridgehead atoms. The molecule has 2 aliphatic rings. The highest BCUT2D eigenvalue weighted by Gasteiger charge is 2.51. The van der Waals surface area contributed by atoms with Crippen LogP contribution in [-0.2, 0) is 14.3 Å². The molecule has 4 rings (SSSR count). The highest BCUT2D eigenvalue weighted by Crippen LogP contribution is 2.44. The number of likely N-dealkylation sites (tertiary alicyclic amines) is 1. The van der Waals surface area contributed by atoms with Crippen molar-refractivity contribution in [1.29, 1.82) is 0 Å². The van der Waals surface area contributed by atoms with E-state index in [1.807, 2.05) is 48.5 Å². The lowest BCUT2D eigenvalue weighted by molar-refractivity contribution is -0.149. The smallest absolute Gasteiger partial charge is 0.407 e. The maximum atomic E-state index is 13.9. The van der Waals surface area contributed by atoms with Crippen molar-refractivity contribution >= 4 is 18.0 Å². The van der Waals surface area contributed by atoms with Crippen molar-refractivity contribution in [1.82, 2.24) is 10.2 Å². The molecule has 3 atom stereocenters. The topological polar surface area (TPSA) is 95.9 Å². The Hall–Kier alpha value is -3.49. The van der Waals surface area contributed by atoms with Crippen molar-refractivity contribution < 1.29 is 33.0 Å². The van der Waals surface area contributed by atoms with Crippen LogP contribution < -0.4 is 5.32 Å². The first kappa shape index (κ1) is 24.6. The molecule has 1 aliphatic carbocycles. The number of hydrogen-bond acceptors (Lipinski definition) is 4. The van der Waals surface area contributed by atoms with Gasteiger partial charge in [0, 0.05) is 12.3 Å². The Labute approximate surface area is 202 Å². The molecular formula is C26H28F2N2O5. The number of halogens is 2. The van der Waals surface area contributed by atoms with Crippen LogP contribution in [0.25, 0.3) is 11.1 Å².